The average Bonchev–Trinajstić information content (AvgIpc) is 2.64. The van der Waals surface area contributed by atoms with Crippen LogP contribution in [-0.4, -0.2) is 12.8 Å². The summed E-state index contributed by atoms with van der Waals surface area (Å²) in [4.78, 5) is 4.49. The van der Waals surface area contributed by atoms with E-state index in [4.69, 9.17) is 4.74 Å². The number of nitrogens with zero attached hydrogens (tertiary/aromatic N) is 1. The molecule has 0 saturated heterocycles. The van der Waals surface area contributed by atoms with Crippen molar-refractivity contribution in [2.24, 2.45) is 4.99 Å². The van der Waals surface area contributed by atoms with Crippen molar-refractivity contribution >= 4 is 6.21 Å². The Morgan fingerprint density at radius 1 is 0.833 bits per heavy atom. The van der Waals surface area contributed by atoms with Gasteiger partial charge in [-0.15, -0.1) is 0 Å². The minimum atomic E-state index is 0.606. The summed E-state index contributed by atoms with van der Waals surface area (Å²) in [6.45, 7) is 5.93. The van der Waals surface area contributed by atoms with Gasteiger partial charge in [0.15, 0.2) is 0 Å². The molecule has 2 rings (SSSR count). The maximum atomic E-state index is 5.85. The van der Waals surface area contributed by atoms with E-state index in [0.717, 1.165) is 24.3 Å². The molecule has 0 spiro atoms. The molecule has 0 heterocycles. The number of hydrogen-bond acceptors (Lipinski definition) is 2. The molecule has 24 heavy (non-hydrogen) atoms. The summed E-state index contributed by atoms with van der Waals surface area (Å²) < 4.78 is 5.85. The smallest absolute Gasteiger partial charge is 0.119 e. The van der Waals surface area contributed by atoms with Crippen molar-refractivity contribution in [1.82, 2.24) is 0 Å². The number of aryl methyl sites for hydroxylation is 1. The zero-order valence-corrected chi connectivity index (χ0v) is 15.0. The summed E-state index contributed by atoms with van der Waals surface area (Å²) in [5.41, 5.74) is 3.69. The highest BCUT2D eigenvalue weighted by molar-refractivity contribution is 5.79. The summed E-state index contributed by atoms with van der Waals surface area (Å²) in [7, 11) is 0. The van der Waals surface area contributed by atoms with Crippen LogP contribution in [0.3, 0.4) is 0 Å². The monoisotopic (exact) mass is 323 g/mol. The van der Waals surface area contributed by atoms with Crippen LogP contribution >= 0.6 is 0 Å². The predicted octanol–water partition coefficient (Wildman–Crippen LogP) is 5.83. The first-order chi connectivity index (χ1) is 11.8. The topological polar surface area (TPSA) is 21.6 Å². The molecule has 0 amide bonds. The van der Waals surface area contributed by atoms with E-state index in [0.29, 0.717) is 6.61 Å². The summed E-state index contributed by atoms with van der Waals surface area (Å²) >= 11 is 0. The largest absolute Gasteiger partial charge is 0.489 e. The molecule has 2 heteroatoms. The van der Waals surface area contributed by atoms with Gasteiger partial charge in [0.2, 0.25) is 0 Å². The van der Waals surface area contributed by atoms with Crippen LogP contribution in [-0.2, 0) is 13.0 Å². The Morgan fingerprint density at radius 2 is 1.54 bits per heavy atom. The quantitative estimate of drug-likeness (QED) is 0.398. The molecule has 0 aliphatic rings. The molecular weight excluding hydrogens is 294 g/mol. The Bertz CT molecular complexity index is 599. The Morgan fingerprint density at radius 3 is 2.21 bits per heavy atom. The molecule has 2 aromatic rings. The third-order valence-electron chi connectivity index (χ3n) is 4.10. The number of hydrogen-bond donors (Lipinski definition) is 0. The Balaban J connectivity index is 1.75. The van der Waals surface area contributed by atoms with Crippen molar-refractivity contribution in [3.05, 3.63) is 65.2 Å². The van der Waals surface area contributed by atoms with Gasteiger partial charge >= 0.3 is 0 Å². The molecule has 0 aromatic heterocycles. The van der Waals surface area contributed by atoms with Crippen molar-refractivity contribution in [2.45, 2.75) is 52.6 Å². The van der Waals surface area contributed by atoms with Gasteiger partial charge in [0.25, 0.3) is 0 Å². The molecule has 2 nitrogen and oxygen atoms in total. The molecule has 0 fully saturated rings. The summed E-state index contributed by atoms with van der Waals surface area (Å²) in [5.74, 6) is 0.898. The first-order valence-electron chi connectivity index (χ1n) is 9.12. The van der Waals surface area contributed by atoms with E-state index >= 15 is 0 Å². The fourth-order valence-electron chi connectivity index (χ4n) is 2.49. The molecule has 0 bridgehead atoms. The van der Waals surface area contributed by atoms with Crippen molar-refractivity contribution in [3.8, 4) is 5.75 Å². The molecule has 128 valence electrons. The maximum Gasteiger partial charge on any atom is 0.119 e. The van der Waals surface area contributed by atoms with E-state index < -0.39 is 0 Å². The van der Waals surface area contributed by atoms with Crippen LogP contribution in [0.5, 0.6) is 5.75 Å². The van der Waals surface area contributed by atoms with Crippen molar-refractivity contribution in [1.29, 1.82) is 0 Å². The minimum absolute atomic E-state index is 0.606. The lowest BCUT2D eigenvalue weighted by molar-refractivity contribution is 0.306. The standard InChI is InChI=1S/C22H29NO/c1-3-5-6-7-16-23-17-20-12-14-22(15-13-20)24-18-21-10-8-19(4-2)9-11-21/h8-15,17H,3-7,16,18H2,1-2H3. The molecule has 0 aliphatic carbocycles. The molecule has 0 N–H and O–H groups in total. The first-order valence-corrected chi connectivity index (χ1v) is 9.12. The first kappa shape index (κ1) is 18.3. The molecule has 0 unspecified atom stereocenters. The van der Waals surface area contributed by atoms with Crippen LogP contribution in [0, 0.1) is 0 Å². The van der Waals surface area contributed by atoms with E-state index in [-0.39, 0.29) is 0 Å². The van der Waals surface area contributed by atoms with E-state index in [1.165, 1.54) is 36.8 Å². The van der Waals surface area contributed by atoms with Crippen LogP contribution in [0.25, 0.3) is 0 Å². The summed E-state index contributed by atoms with van der Waals surface area (Å²) in [6, 6.07) is 16.8. The van der Waals surface area contributed by atoms with Crippen LogP contribution in [0.2, 0.25) is 0 Å². The highest BCUT2D eigenvalue weighted by Crippen LogP contribution is 2.14. The Labute approximate surface area is 146 Å². The molecular formula is C22H29NO. The highest BCUT2D eigenvalue weighted by atomic mass is 16.5. The highest BCUT2D eigenvalue weighted by Gasteiger charge is 1.97. The second-order valence-electron chi connectivity index (χ2n) is 6.12. The maximum absolute atomic E-state index is 5.85. The number of aliphatic imine (C=N–C) groups is 1. The van der Waals surface area contributed by atoms with Gasteiger partial charge in [0.05, 0.1) is 0 Å². The van der Waals surface area contributed by atoms with Gasteiger partial charge in [-0.1, -0.05) is 57.4 Å². The van der Waals surface area contributed by atoms with Gasteiger partial charge in [-0.25, -0.2) is 0 Å². The molecule has 0 radical (unpaired) electrons. The lowest BCUT2D eigenvalue weighted by Gasteiger charge is -2.07. The molecule has 2 aromatic carbocycles. The van der Waals surface area contributed by atoms with Crippen molar-refractivity contribution < 1.29 is 4.74 Å². The minimum Gasteiger partial charge on any atom is -0.489 e. The number of ether oxygens (including phenoxy) is 1. The van der Waals surface area contributed by atoms with E-state index in [1.54, 1.807) is 0 Å². The van der Waals surface area contributed by atoms with Gasteiger partial charge in [-0.05, 0) is 53.8 Å². The van der Waals surface area contributed by atoms with E-state index in [9.17, 15) is 0 Å². The van der Waals surface area contributed by atoms with Crippen molar-refractivity contribution in [2.75, 3.05) is 6.54 Å². The van der Waals surface area contributed by atoms with E-state index in [2.05, 4.69) is 55.2 Å². The Kier molecular flexibility index (Phi) is 8.09. The number of rotatable bonds is 10. The number of unbranched alkanes of at least 4 members (excludes halogenated alkanes) is 3. The van der Waals surface area contributed by atoms with Crippen molar-refractivity contribution in [3.63, 3.8) is 0 Å². The fraction of sp³-hybridized carbons (Fsp3) is 0.409. The van der Waals surface area contributed by atoms with Gasteiger partial charge < -0.3 is 4.74 Å². The van der Waals surface area contributed by atoms with Gasteiger partial charge in [0.1, 0.15) is 12.4 Å². The van der Waals surface area contributed by atoms with E-state index in [1.807, 2.05) is 18.3 Å². The third kappa shape index (κ3) is 6.57. The van der Waals surface area contributed by atoms with Crippen LogP contribution in [0.1, 0.15) is 56.2 Å². The molecule has 0 atom stereocenters. The summed E-state index contributed by atoms with van der Waals surface area (Å²) in [6.07, 6.45) is 8.07. The van der Waals surface area contributed by atoms with Crippen LogP contribution in [0.4, 0.5) is 0 Å². The van der Waals surface area contributed by atoms with Crippen LogP contribution < -0.4 is 4.74 Å². The molecule has 0 saturated carbocycles. The zero-order chi connectivity index (χ0) is 17.0. The second-order valence-corrected chi connectivity index (χ2v) is 6.12. The third-order valence-corrected chi connectivity index (χ3v) is 4.10. The summed E-state index contributed by atoms with van der Waals surface area (Å²) in [5, 5.41) is 0. The fourth-order valence-corrected chi connectivity index (χ4v) is 2.49. The van der Waals surface area contributed by atoms with Crippen LogP contribution in [0.15, 0.2) is 53.5 Å². The Hall–Kier alpha value is -2.09. The van der Waals surface area contributed by atoms with Gasteiger partial charge in [-0.3, -0.25) is 4.99 Å². The zero-order valence-electron chi connectivity index (χ0n) is 15.0. The number of benzene rings is 2. The SMILES string of the molecule is CCCCCCN=Cc1ccc(OCc2ccc(CC)cc2)cc1. The molecule has 0 aliphatic heterocycles. The van der Waals surface area contributed by atoms with Gasteiger partial charge in [-0.2, -0.15) is 0 Å². The van der Waals surface area contributed by atoms with Gasteiger partial charge in [0, 0.05) is 12.8 Å². The second kappa shape index (κ2) is 10.6. The normalized spacial score (nSPS) is 11.1. The lowest BCUT2D eigenvalue weighted by Crippen LogP contribution is -1.96. The lowest BCUT2D eigenvalue weighted by atomic mass is 10.1. The predicted molar refractivity (Wildman–Crippen MR) is 103 cm³/mol. The average molecular weight is 323 g/mol.